The molecule has 7 nitrogen and oxygen atoms in total. The van der Waals surface area contributed by atoms with Gasteiger partial charge in [-0.25, -0.2) is 13.8 Å². The number of fused-ring (bicyclic) bond motifs is 2. The van der Waals surface area contributed by atoms with Crippen molar-refractivity contribution in [2.45, 2.75) is 43.8 Å². The van der Waals surface area contributed by atoms with Gasteiger partial charge in [-0.05, 0) is 63.4 Å². The van der Waals surface area contributed by atoms with E-state index in [1.165, 1.54) is 18.2 Å². The lowest BCUT2D eigenvalue weighted by atomic mass is 9.95. The Labute approximate surface area is 231 Å². The van der Waals surface area contributed by atoms with Crippen LogP contribution in [0.3, 0.4) is 0 Å². The van der Waals surface area contributed by atoms with E-state index >= 15 is 0 Å². The molecule has 0 bridgehead atoms. The molecule has 212 valence electrons. The van der Waals surface area contributed by atoms with Crippen LogP contribution in [0.1, 0.15) is 37.7 Å². The van der Waals surface area contributed by atoms with E-state index in [1.54, 1.807) is 4.90 Å². The minimum Gasteiger partial charge on any atom is -0.461 e. The number of halogens is 6. The fourth-order valence-electron chi connectivity index (χ4n) is 6.14. The minimum absolute atomic E-state index is 0.0154. The van der Waals surface area contributed by atoms with Crippen LogP contribution in [0.5, 0.6) is 6.01 Å². The van der Waals surface area contributed by atoms with Gasteiger partial charge < -0.3 is 15.4 Å². The number of aromatic nitrogens is 3. The van der Waals surface area contributed by atoms with Crippen LogP contribution < -0.4 is 15.4 Å². The van der Waals surface area contributed by atoms with E-state index in [0.29, 0.717) is 36.8 Å². The molecule has 5 heterocycles. The molecule has 2 aromatic heterocycles. The van der Waals surface area contributed by atoms with Gasteiger partial charge in [0.05, 0.1) is 28.3 Å². The lowest BCUT2D eigenvalue weighted by Crippen LogP contribution is -2.43. The van der Waals surface area contributed by atoms with Crippen molar-refractivity contribution >= 4 is 34.1 Å². The fraction of sp³-hybridized carbons (Fsp3) is 0.444. The molecular formula is C27H26ClF5N6O. The average Bonchev–Trinajstić information content (AvgIpc) is 3.46. The van der Waals surface area contributed by atoms with Crippen LogP contribution in [-0.4, -0.2) is 58.2 Å². The normalized spacial score (nSPS) is 19.2. The number of anilines is 2. The molecule has 1 aromatic carbocycles. The van der Waals surface area contributed by atoms with Crippen molar-refractivity contribution in [1.82, 2.24) is 19.9 Å². The second-order valence-electron chi connectivity index (χ2n) is 10.5. The van der Waals surface area contributed by atoms with E-state index < -0.39 is 29.1 Å². The van der Waals surface area contributed by atoms with Gasteiger partial charge in [0.25, 0.3) is 0 Å². The topological polar surface area (TPSA) is 80.4 Å². The van der Waals surface area contributed by atoms with Gasteiger partial charge in [0.15, 0.2) is 0 Å². The Morgan fingerprint density at radius 1 is 1.02 bits per heavy atom. The number of nitrogens with two attached hydrogens (primary N) is 1. The van der Waals surface area contributed by atoms with Crippen LogP contribution >= 0.6 is 11.6 Å². The summed E-state index contributed by atoms with van der Waals surface area (Å²) in [6.07, 6.45) is 0.993. The molecule has 0 unspecified atom stereocenters. The van der Waals surface area contributed by atoms with Crippen LogP contribution in [0, 0.1) is 5.82 Å². The highest BCUT2D eigenvalue weighted by molar-refractivity contribution is 6.34. The first-order valence-electron chi connectivity index (χ1n) is 13.1. The van der Waals surface area contributed by atoms with Gasteiger partial charge in [-0.1, -0.05) is 11.6 Å². The van der Waals surface area contributed by atoms with Gasteiger partial charge >= 0.3 is 12.2 Å². The lowest BCUT2D eigenvalue weighted by molar-refractivity contribution is -0.139. The van der Waals surface area contributed by atoms with Crippen molar-refractivity contribution in [1.29, 1.82) is 0 Å². The number of alkyl halides is 3. The molecule has 6 rings (SSSR count). The summed E-state index contributed by atoms with van der Waals surface area (Å²) in [6, 6.07) is 3.21. The first-order chi connectivity index (χ1) is 19.0. The molecule has 0 spiro atoms. The number of nitrogen functional groups attached to an aromatic ring is 1. The summed E-state index contributed by atoms with van der Waals surface area (Å²) in [5, 5.41) is 0.240. The number of hydrogen-bond acceptors (Lipinski definition) is 7. The second kappa shape index (κ2) is 9.99. The molecule has 40 heavy (non-hydrogen) atoms. The van der Waals surface area contributed by atoms with Gasteiger partial charge in [-0.15, -0.1) is 0 Å². The summed E-state index contributed by atoms with van der Waals surface area (Å²) in [5.41, 5.74) is 3.16. The third-order valence-electron chi connectivity index (χ3n) is 7.96. The molecule has 0 amide bonds. The molecule has 3 aromatic rings. The van der Waals surface area contributed by atoms with Gasteiger partial charge in [0.1, 0.15) is 35.5 Å². The van der Waals surface area contributed by atoms with Crippen molar-refractivity contribution in [2.24, 2.45) is 0 Å². The summed E-state index contributed by atoms with van der Waals surface area (Å²) in [7, 11) is 0. The van der Waals surface area contributed by atoms with Gasteiger partial charge in [0.2, 0.25) is 0 Å². The van der Waals surface area contributed by atoms with E-state index in [0.717, 1.165) is 38.8 Å². The van der Waals surface area contributed by atoms with Crippen molar-refractivity contribution < 1.29 is 26.7 Å². The minimum atomic E-state index is -5.06. The zero-order valence-corrected chi connectivity index (χ0v) is 22.1. The van der Waals surface area contributed by atoms with Crippen molar-refractivity contribution in [3.05, 3.63) is 46.5 Å². The highest BCUT2D eigenvalue weighted by Gasteiger charge is 2.45. The average molecular weight is 581 g/mol. The standard InChI is InChI=1S/C27H26ClF5N6O/c28-18-10-17-20(11-16(18)23-22(27(31,32)33)19(30)12-21(34)36-23)35-25(37-24(17)38-7-1-4-15(29)13-38)40-14-26-5-2-8-39(26)9-3-6-26/h4,10-12H,1-3,5-9,13-14H2,(H2,34,36). The van der Waals surface area contributed by atoms with Crippen LogP contribution in [0.15, 0.2) is 30.1 Å². The molecule has 3 aliphatic rings. The largest absolute Gasteiger partial charge is 0.461 e. The molecule has 0 saturated carbocycles. The molecule has 2 fully saturated rings. The third kappa shape index (κ3) is 4.81. The Balaban J connectivity index is 1.48. The second-order valence-corrected chi connectivity index (χ2v) is 10.9. The molecule has 0 radical (unpaired) electrons. The SMILES string of the molecule is Nc1cc(F)c(C(F)(F)F)c(-c2cc3nc(OCC45CCCN4CCC5)nc(N4CCC=C(F)C4)c3cc2Cl)n1. The summed E-state index contributed by atoms with van der Waals surface area (Å²) in [6.45, 7) is 2.77. The van der Waals surface area contributed by atoms with Crippen LogP contribution in [-0.2, 0) is 6.18 Å². The predicted octanol–water partition coefficient (Wildman–Crippen LogP) is 6.16. The Kier molecular flexibility index (Phi) is 6.73. The van der Waals surface area contributed by atoms with E-state index in [2.05, 4.69) is 19.9 Å². The Morgan fingerprint density at radius 2 is 1.77 bits per heavy atom. The first kappa shape index (κ1) is 26.9. The van der Waals surface area contributed by atoms with E-state index in [4.69, 9.17) is 22.1 Å². The Morgan fingerprint density at radius 3 is 2.48 bits per heavy atom. The van der Waals surface area contributed by atoms with E-state index in [9.17, 15) is 22.0 Å². The van der Waals surface area contributed by atoms with Crippen LogP contribution in [0.25, 0.3) is 22.2 Å². The lowest BCUT2D eigenvalue weighted by Gasteiger charge is -2.31. The zero-order valence-electron chi connectivity index (χ0n) is 21.4. The summed E-state index contributed by atoms with van der Waals surface area (Å²) >= 11 is 6.48. The quantitative estimate of drug-likeness (QED) is 0.362. The van der Waals surface area contributed by atoms with Crippen molar-refractivity contribution in [3.8, 4) is 17.3 Å². The maximum Gasteiger partial charge on any atom is 0.421 e. The van der Waals surface area contributed by atoms with E-state index in [1.807, 2.05) is 0 Å². The number of pyridine rings is 1. The maximum atomic E-state index is 14.5. The Bertz CT molecular complexity index is 1500. The fourth-order valence-corrected chi connectivity index (χ4v) is 6.39. The molecule has 3 aliphatic heterocycles. The summed E-state index contributed by atoms with van der Waals surface area (Å²) in [4.78, 5) is 17.0. The number of nitrogens with zero attached hydrogens (tertiary/aromatic N) is 5. The van der Waals surface area contributed by atoms with Gasteiger partial charge in [-0.2, -0.15) is 23.1 Å². The third-order valence-corrected chi connectivity index (χ3v) is 8.27. The monoisotopic (exact) mass is 580 g/mol. The number of rotatable bonds is 5. The van der Waals surface area contributed by atoms with Gasteiger partial charge in [0, 0.05) is 23.6 Å². The molecule has 2 saturated heterocycles. The number of benzene rings is 1. The van der Waals surface area contributed by atoms with Gasteiger partial charge in [-0.3, -0.25) is 4.90 Å². The molecule has 0 atom stereocenters. The highest BCUT2D eigenvalue weighted by atomic mass is 35.5. The highest BCUT2D eigenvalue weighted by Crippen LogP contribution is 2.43. The molecule has 2 N–H and O–H groups in total. The Hall–Kier alpha value is -3.25. The molecule has 0 aliphatic carbocycles. The maximum absolute atomic E-state index is 14.5. The first-order valence-corrected chi connectivity index (χ1v) is 13.4. The summed E-state index contributed by atoms with van der Waals surface area (Å²) < 4.78 is 76.6. The van der Waals surface area contributed by atoms with Crippen molar-refractivity contribution in [3.63, 3.8) is 0 Å². The van der Waals surface area contributed by atoms with Crippen LogP contribution in [0.2, 0.25) is 5.02 Å². The smallest absolute Gasteiger partial charge is 0.421 e. The molecule has 13 heteroatoms. The number of hydrogen-bond donors (Lipinski definition) is 1. The number of ether oxygens (including phenoxy) is 1. The van der Waals surface area contributed by atoms with E-state index in [-0.39, 0.29) is 40.0 Å². The van der Waals surface area contributed by atoms with Crippen molar-refractivity contribution in [2.75, 3.05) is 43.4 Å². The zero-order chi connectivity index (χ0) is 28.2. The summed E-state index contributed by atoms with van der Waals surface area (Å²) in [5.74, 6) is -1.99. The van der Waals surface area contributed by atoms with Crippen LogP contribution in [0.4, 0.5) is 33.6 Å². The molecular weight excluding hydrogens is 555 g/mol. The predicted molar refractivity (Wildman–Crippen MR) is 141 cm³/mol.